The van der Waals surface area contributed by atoms with E-state index in [2.05, 4.69) is 0 Å². The Labute approximate surface area is 172 Å². The van der Waals surface area contributed by atoms with Gasteiger partial charge < -0.3 is 14.2 Å². The van der Waals surface area contributed by atoms with Crippen molar-refractivity contribution in [3.05, 3.63) is 53.6 Å². The topological polar surface area (TPSA) is 77.0 Å². The van der Waals surface area contributed by atoms with Crippen LogP contribution in [0.15, 0.2) is 42.5 Å². The molecule has 1 amide bonds. The lowest BCUT2D eigenvalue weighted by atomic mass is 10.1. The molecule has 2 rings (SSSR count). The molecule has 0 aliphatic rings. The Kier molecular flexibility index (Phi) is 9.59. The Morgan fingerprint density at radius 1 is 0.862 bits per heavy atom. The Bertz CT molecular complexity index is 764. The number of unbranched alkanes of at least 4 members (excludes halogenated alkanes) is 3. The lowest BCUT2D eigenvalue weighted by molar-refractivity contribution is -0.129. The molecule has 0 bridgehead atoms. The van der Waals surface area contributed by atoms with Gasteiger partial charge in [-0.2, -0.15) is 0 Å². The lowest BCUT2D eigenvalue weighted by Crippen LogP contribution is -2.17. The highest BCUT2D eigenvalue weighted by Gasteiger charge is 2.01. The number of hydrogen-bond acceptors (Lipinski definition) is 5. The predicted molar refractivity (Wildman–Crippen MR) is 113 cm³/mol. The number of ether oxygens (including phenoxy) is 3. The highest BCUT2D eigenvalue weighted by molar-refractivity contribution is 5.74. The second-order valence-electron chi connectivity index (χ2n) is 6.60. The largest absolute Gasteiger partial charge is 0.497 e. The summed E-state index contributed by atoms with van der Waals surface area (Å²) in [6, 6.07) is 13.7. The predicted octanol–water partition coefficient (Wildman–Crippen LogP) is 4.71. The fraction of sp³-hybridized carbons (Fsp3) is 0.348. The van der Waals surface area contributed by atoms with E-state index in [9.17, 15) is 4.79 Å². The van der Waals surface area contributed by atoms with Crippen LogP contribution in [0.4, 0.5) is 0 Å². The summed E-state index contributed by atoms with van der Waals surface area (Å²) in [5, 5.41) is 8.42. The van der Waals surface area contributed by atoms with Gasteiger partial charge in [-0.3, -0.25) is 10.0 Å². The molecule has 0 heterocycles. The zero-order chi connectivity index (χ0) is 20.9. The summed E-state index contributed by atoms with van der Waals surface area (Å²) in [6.45, 7) is 0.644. The number of carbonyl (C=O) groups is 1. The van der Waals surface area contributed by atoms with Gasteiger partial charge in [0, 0.05) is 12.5 Å². The summed E-state index contributed by atoms with van der Waals surface area (Å²) in [4.78, 5) is 10.9. The van der Waals surface area contributed by atoms with Gasteiger partial charge in [0.25, 0.3) is 0 Å². The van der Waals surface area contributed by atoms with Crippen LogP contribution in [0.3, 0.4) is 0 Å². The summed E-state index contributed by atoms with van der Waals surface area (Å²) >= 11 is 0. The first-order chi connectivity index (χ1) is 14.1. The van der Waals surface area contributed by atoms with Gasteiger partial charge in [-0.05, 0) is 48.2 Å². The molecule has 2 aromatic rings. The van der Waals surface area contributed by atoms with E-state index >= 15 is 0 Å². The first-order valence-electron chi connectivity index (χ1n) is 9.71. The Morgan fingerprint density at radius 2 is 1.48 bits per heavy atom. The molecule has 0 saturated heterocycles. The van der Waals surface area contributed by atoms with Crippen LogP contribution in [0.1, 0.15) is 43.2 Å². The number of rotatable bonds is 12. The van der Waals surface area contributed by atoms with Crippen molar-refractivity contribution < 1.29 is 24.2 Å². The molecule has 6 heteroatoms. The molecular weight excluding hydrogens is 370 g/mol. The third-order valence-corrected chi connectivity index (χ3v) is 4.41. The number of methoxy groups -OCH3 is 2. The van der Waals surface area contributed by atoms with E-state index in [0.29, 0.717) is 13.0 Å². The normalized spacial score (nSPS) is 10.7. The molecule has 0 aliphatic carbocycles. The van der Waals surface area contributed by atoms with Gasteiger partial charge in [0.15, 0.2) is 0 Å². The van der Waals surface area contributed by atoms with Crippen LogP contribution in [0, 0.1) is 0 Å². The number of nitrogens with one attached hydrogen (secondary N) is 1. The summed E-state index contributed by atoms with van der Waals surface area (Å²) in [7, 11) is 3.27. The monoisotopic (exact) mass is 399 g/mol. The van der Waals surface area contributed by atoms with Crippen molar-refractivity contribution in [1.29, 1.82) is 0 Å². The molecule has 0 aliphatic heterocycles. The number of hydroxylamine groups is 1. The SMILES string of the molecule is COc1cc(/C=C/c2ccc(OCCCCCCC(=O)NO)cc2)cc(OC)c1. The molecule has 0 radical (unpaired) electrons. The third kappa shape index (κ3) is 8.27. The fourth-order valence-electron chi connectivity index (χ4n) is 2.78. The minimum Gasteiger partial charge on any atom is -0.497 e. The van der Waals surface area contributed by atoms with Crippen LogP contribution in [0.2, 0.25) is 0 Å². The van der Waals surface area contributed by atoms with E-state index in [-0.39, 0.29) is 5.91 Å². The van der Waals surface area contributed by atoms with Crippen molar-refractivity contribution in [2.45, 2.75) is 32.1 Å². The zero-order valence-corrected chi connectivity index (χ0v) is 17.0. The smallest absolute Gasteiger partial charge is 0.243 e. The number of hydrogen-bond donors (Lipinski definition) is 2. The number of carbonyl (C=O) groups excluding carboxylic acids is 1. The second-order valence-corrected chi connectivity index (χ2v) is 6.60. The lowest BCUT2D eigenvalue weighted by Gasteiger charge is -2.07. The third-order valence-electron chi connectivity index (χ3n) is 4.41. The molecule has 29 heavy (non-hydrogen) atoms. The first-order valence-corrected chi connectivity index (χ1v) is 9.71. The molecule has 2 aromatic carbocycles. The van der Waals surface area contributed by atoms with Crippen molar-refractivity contribution in [3.63, 3.8) is 0 Å². The van der Waals surface area contributed by atoms with Crippen molar-refractivity contribution in [2.75, 3.05) is 20.8 Å². The summed E-state index contributed by atoms with van der Waals surface area (Å²) in [5.74, 6) is 2.01. The zero-order valence-electron chi connectivity index (χ0n) is 17.0. The minimum atomic E-state index is -0.332. The van der Waals surface area contributed by atoms with Gasteiger partial charge >= 0.3 is 0 Å². The maximum atomic E-state index is 10.9. The summed E-state index contributed by atoms with van der Waals surface area (Å²) in [6.07, 6.45) is 8.03. The van der Waals surface area contributed by atoms with Gasteiger partial charge in [-0.15, -0.1) is 0 Å². The molecular formula is C23H29NO5. The molecule has 6 nitrogen and oxygen atoms in total. The van der Waals surface area contributed by atoms with Crippen LogP contribution < -0.4 is 19.7 Å². The van der Waals surface area contributed by atoms with Gasteiger partial charge in [0.1, 0.15) is 17.2 Å². The maximum absolute atomic E-state index is 10.9. The molecule has 156 valence electrons. The van der Waals surface area contributed by atoms with Crippen LogP contribution in [0.5, 0.6) is 17.2 Å². The molecule has 2 N–H and O–H groups in total. The Hall–Kier alpha value is -2.99. The average molecular weight is 399 g/mol. The van der Waals surface area contributed by atoms with Crippen LogP contribution >= 0.6 is 0 Å². The maximum Gasteiger partial charge on any atom is 0.243 e. The Morgan fingerprint density at radius 3 is 2.10 bits per heavy atom. The average Bonchev–Trinajstić information content (AvgIpc) is 2.77. The Balaban J connectivity index is 1.76. The van der Waals surface area contributed by atoms with Gasteiger partial charge in [0.05, 0.1) is 20.8 Å². The van der Waals surface area contributed by atoms with Gasteiger partial charge in [-0.1, -0.05) is 37.1 Å². The van der Waals surface area contributed by atoms with Crippen LogP contribution in [-0.4, -0.2) is 31.9 Å². The van der Waals surface area contributed by atoms with Gasteiger partial charge in [-0.25, -0.2) is 5.48 Å². The quantitative estimate of drug-likeness (QED) is 0.234. The van der Waals surface area contributed by atoms with E-state index in [1.54, 1.807) is 19.7 Å². The van der Waals surface area contributed by atoms with Crippen molar-refractivity contribution in [3.8, 4) is 17.2 Å². The van der Waals surface area contributed by atoms with E-state index in [1.807, 2.05) is 54.6 Å². The van der Waals surface area contributed by atoms with E-state index in [0.717, 1.165) is 54.1 Å². The van der Waals surface area contributed by atoms with E-state index in [4.69, 9.17) is 19.4 Å². The molecule has 0 saturated carbocycles. The van der Waals surface area contributed by atoms with E-state index < -0.39 is 0 Å². The fourth-order valence-corrected chi connectivity index (χ4v) is 2.78. The summed E-state index contributed by atoms with van der Waals surface area (Å²) in [5.41, 5.74) is 3.71. The van der Waals surface area contributed by atoms with Gasteiger partial charge in [0.2, 0.25) is 5.91 Å². The molecule has 0 fully saturated rings. The minimum absolute atomic E-state index is 0.332. The molecule has 0 unspecified atom stereocenters. The molecule has 0 aromatic heterocycles. The molecule has 0 spiro atoms. The van der Waals surface area contributed by atoms with Crippen molar-refractivity contribution in [1.82, 2.24) is 5.48 Å². The number of benzene rings is 2. The highest BCUT2D eigenvalue weighted by Crippen LogP contribution is 2.24. The standard InChI is InChI=1S/C23H29NO5/c1-27-21-15-19(16-22(17-21)28-2)9-8-18-10-12-20(13-11-18)29-14-6-4-3-5-7-23(25)24-26/h8-13,15-17,26H,3-7,14H2,1-2H3,(H,24,25)/b9-8+. The number of amides is 1. The van der Waals surface area contributed by atoms with E-state index in [1.165, 1.54) is 0 Å². The van der Waals surface area contributed by atoms with Crippen LogP contribution in [0.25, 0.3) is 12.2 Å². The molecule has 0 atom stereocenters. The van der Waals surface area contributed by atoms with Crippen molar-refractivity contribution >= 4 is 18.1 Å². The first kappa shape index (κ1) is 22.3. The summed E-state index contributed by atoms with van der Waals surface area (Å²) < 4.78 is 16.3. The second kappa shape index (κ2) is 12.5. The van der Waals surface area contributed by atoms with Crippen molar-refractivity contribution in [2.24, 2.45) is 0 Å². The van der Waals surface area contributed by atoms with Crippen LogP contribution in [-0.2, 0) is 4.79 Å². The highest BCUT2D eigenvalue weighted by atomic mass is 16.5.